The van der Waals surface area contributed by atoms with Crippen LogP contribution in [-0.2, 0) is 19.4 Å². The van der Waals surface area contributed by atoms with Crippen molar-refractivity contribution in [1.29, 1.82) is 0 Å². The molecule has 6 nitrogen and oxygen atoms in total. The average molecular weight is 332 g/mol. The molecule has 0 N–H and O–H groups in total. The molecule has 0 aromatic carbocycles. The minimum absolute atomic E-state index is 0.787. The van der Waals surface area contributed by atoms with E-state index in [9.17, 15) is 0 Å². The molecule has 2 aromatic rings. The van der Waals surface area contributed by atoms with Gasteiger partial charge in [-0.05, 0) is 19.3 Å². The Bertz CT molecular complexity index is 615. The van der Waals surface area contributed by atoms with E-state index in [4.69, 9.17) is 4.98 Å². The zero-order valence-corrected chi connectivity index (χ0v) is 14.7. The fourth-order valence-electron chi connectivity index (χ4n) is 2.94. The molecule has 3 rings (SSSR count). The monoisotopic (exact) mass is 332 g/mol. The van der Waals surface area contributed by atoms with Crippen molar-refractivity contribution in [3.8, 4) is 0 Å². The summed E-state index contributed by atoms with van der Waals surface area (Å²) in [6, 6.07) is 0. The zero-order chi connectivity index (χ0) is 16.1. The maximum atomic E-state index is 4.75. The lowest BCUT2D eigenvalue weighted by Gasteiger charge is -2.21. The van der Waals surface area contributed by atoms with Gasteiger partial charge in [0.05, 0.1) is 22.6 Å². The number of aryl methyl sites for hydroxylation is 2. The Morgan fingerprint density at radius 3 is 2.65 bits per heavy atom. The number of aromatic nitrogens is 4. The molecule has 3 heterocycles. The molecule has 0 amide bonds. The molecule has 0 spiro atoms. The van der Waals surface area contributed by atoms with E-state index in [-0.39, 0.29) is 0 Å². The summed E-state index contributed by atoms with van der Waals surface area (Å²) in [4.78, 5) is 13.9. The second-order valence-electron chi connectivity index (χ2n) is 5.81. The Morgan fingerprint density at radius 1 is 1.04 bits per heavy atom. The van der Waals surface area contributed by atoms with E-state index >= 15 is 0 Å². The molecule has 2 aromatic heterocycles. The van der Waals surface area contributed by atoms with Crippen LogP contribution in [0, 0.1) is 0 Å². The standard InChI is InChI=1S/C16H24N6S/c1-3-14-15(4-2)19-20-16(18-14)22-7-5-6-21(8-9-22)10-13-11-23-12-17-13/h11-12H,3-10H2,1-2H3. The van der Waals surface area contributed by atoms with Gasteiger partial charge < -0.3 is 4.90 Å². The highest BCUT2D eigenvalue weighted by atomic mass is 32.1. The van der Waals surface area contributed by atoms with Crippen LogP contribution in [0.25, 0.3) is 0 Å². The van der Waals surface area contributed by atoms with Crippen LogP contribution in [0.5, 0.6) is 0 Å². The molecule has 1 fully saturated rings. The summed E-state index contributed by atoms with van der Waals surface area (Å²) in [5.41, 5.74) is 5.18. The Balaban J connectivity index is 1.65. The fraction of sp³-hybridized carbons (Fsp3) is 0.625. The largest absolute Gasteiger partial charge is 0.338 e. The van der Waals surface area contributed by atoms with Crippen LogP contribution in [0.15, 0.2) is 10.9 Å². The molecule has 1 saturated heterocycles. The van der Waals surface area contributed by atoms with Crippen LogP contribution in [0.3, 0.4) is 0 Å². The molecule has 7 heteroatoms. The van der Waals surface area contributed by atoms with Gasteiger partial charge in [0.1, 0.15) is 0 Å². The SMILES string of the molecule is CCc1nnc(N2CCCN(Cc3cscn3)CC2)nc1CC. The molecule has 0 saturated carbocycles. The van der Waals surface area contributed by atoms with Gasteiger partial charge in [-0.1, -0.05) is 13.8 Å². The van der Waals surface area contributed by atoms with E-state index in [1.165, 1.54) is 5.69 Å². The van der Waals surface area contributed by atoms with Crippen molar-refractivity contribution < 1.29 is 0 Å². The van der Waals surface area contributed by atoms with Crippen LogP contribution in [0.4, 0.5) is 5.95 Å². The van der Waals surface area contributed by atoms with Crippen molar-refractivity contribution in [1.82, 2.24) is 25.1 Å². The summed E-state index contributed by atoms with van der Waals surface area (Å²) in [7, 11) is 0. The highest BCUT2D eigenvalue weighted by Crippen LogP contribution is 2.15. The minimum atomic E-state index is 0.787. The van der Waals surface area contributed by atoms with Crippen LogP contribution in [0.1, 0.15) is 37.4 Å². The van der Waals surface area contributed by atoms with Crippen LogP contribution < -0.4 is 4.90 Å². The quantitative estimate of drug-likeness (QED) is 0.836. The third-order valence-corrected chi connectivity index (χ3v) is 4.87. The van der Waals surface area contributed by atoms with Crippen molar-refractivity contribution in [2.45, 2.75) is 39.7 Å². The number of hydrogen-bond donors (Lipinski definition) is 0. The summed E-state index contributed by atoms with van der Waals surface area (Å²) in [5.74, 6) is 0.787. The molecule has 124 valence electrons. The summed E-state index contributed by atoms with van der Waals surface area (Å²) in [6.07, 6.45) is 2.92. The van der Waals surface area contributed by atoms with Crippen molar-refractivity contribution >= 4 is 17.3 Å². The number of nitrogens with zero attached hydrogens (tertiary/aromatic N) is 6. The molecular weight excluding hydrogens is 308 g/mol. The lowest BCUT2D eigenvalue weighted by molar-refractivity contribution is 0.282. The van der Waals surface area contributed by atoms with E-state index < -0.39 is 0 Å². The first kappa shape index (κ1) is 16.3. The Labute approximate surface area is 141 Å². The maximum Gasteiger partial charge on any atom is 0.245 e. The van der Waals surface area contributed by atoms with Gasteiger partial charge in [0.15, 0.2) is 0 Å². The number of anilines is 1. The second-order valence-corrected chi connectivity index (χ2v) is 6.53. The Hall–Kier alpha value is -1.60. The van der Waals surface area contributed by atoms with Gasteiger partial charge >= 0.3 is 0 Å². The maximum absolute atomic E-state index is 4.75. The van der Waals surface area contributed by atoms with Crippen molar-refractivity contribution in [2.24, 2.45) is 0 Å². The number of thiazole rings is 1. The van der Waals surface area contributed by atoms with E-state index in [1.807, 2.05) is 5.51 Å². The van der Waals surface area contributed by atoms with Crippen LogP contribution in [-0.4, -0.2) is 51.2 Å². The van der Waals surface area contributed by atoms with E-state index in [0.717, 1.165) is 69.3 Å². The van der Waals surface area contributed by atoms with Crippen LogP contribution in [0.2, 0.25) is 0 Å². The van der Waals surface area contributed by atoms with Crippen LogP contribution >= 0.6 is 11.3 Å². The molecule has 0 unspecified atom stereocenters. The predicted octanol–water partition coefficient (Wildman–Crippen LogP) is 2.17. The molecule has 1 aliphatic heterocycles. The summed E-state index contributed by atoms with van der Waals surface area (Å²) in [5, 5.41) is 10.9. The van der Waals surface area contributed by atoms with Gasteiger partial charge in [0.2, 0.25) is 5.95 Å². The van der Waals surface area contributed by atoms with Crippen molar-refractivity contribution in [2.75, 3.05) is 31.1 Å². The van der Waals surface area contributed by atoms with E-state index in [0.29, 0.717) is 0 Å². The average Bonchev–Trinajstić information content (AvgIpc) is 2.98. The summed E-state index contributed by atoms with van der Waals surface area (Å²) in [6.45, 7) is 9.21. The molecule has 23 heavy (non-hydrogen) atoms. The summed E-state index contributed by atoms with van der Waals surface area (Å²) < 4.78 is 0. The van der Waals surface area contributed by atoms with Crippen molar-refractivity contribution in [3.05, 3.63) is 28.0 Å². The third-order valence-electron chi connectivity index (χ3n) is 4.24. The van der Waals surface area contributed by atoms with Crippen molar-refractivity contribution in [3.63, 3.8) is 0 Å². The molecule has 0 aliphatic carbocycles. The van der Waals surface area contributed by atoms with Gasteiger partial charge in [-0.25, -0.2) is 9.97 Å². The second kappa shape index (κ2) is 7.79. The van der Waals surface area contributed by atoms with Gasteiger partial charge in [0, 0.05) is 38.1 Å². The van der Waals surface area contributed by atoms with Gasteiger partial charge in [-0.3, -0.25) is 4.90 Å². The Kier molecular flexibility index (Phi) is 5.51. The molecule has 0 bridgehead atoms. The number of rotatable bonds is 5. The van der Waals surface area contributed by atoms with Gasteiger partial charge in [-0.2, -0.15) is 5.10 Å². The van der Waals surface area contributed by atoms with E-state index in [2.05, 4.69) is 44.2 Å². The molecule has 0 radical (unpaired) electrons. The van der Waals surface area contributed by atoms with E-state index in [1.54, 1.807) is 11.3 Å². The number of hydrogen-bond acceptors (Lipinski definition) is 7. The highest BCUT2D eigenvalue weighted by molar-refractivity contribution is 7.07. The predicted molar refractivity (Wildman–Crippen MR) is 92.8 cm³/mol. The molecular formula is C16H24N6S. The lowest BCUT2D eigenvalue weighted by atomic mass is 10.2. The fourth-order valence-corrected chi connectivity index (χ4v) is 3.49. The first-order valence-corrected chi connectivity index (χ1v) is 9.31. The molecule has 1 aliphatic rings. The first-order chi connectivity index (χ1) is 11.3. The summed E-state index contributed by atoms with van der Waals surface area (Å²) >= 11 is 1.66. The van der Waals surface area contributed by atoms with Gasteiger partial charge in [-0.15, -0.1) is 16.4 Å². The smallest absolute Gasteiger partial charge is 0.245 e. The minimum Gasteiger partial charge on any atom is -0.338 e. The molecule has 0 atom stereocenters. The highest BCUT2D eigenvalue weighted by Gasteiger charge is 2.19. The third kappa shape index (κ3) is 4.03. The Morgan fingerprint density at radius 2 is 1.91 bits per heavy atom. The lowest BCUT2D eigenvalue weighted by Crippen LogP contribution is -2.32. The van der Waals surface area contributed by atoms with Gasteiger partial charge in [0.25, 0.3) is 0 Å². The first-order valence-electron chi connectivity index (χ1n) is 8.37. The normalized spacial score (nSPS) is 16.5. The zero-order valence-electron chi connectivity index (χ0n) is 13.9. The topological polar surface area (TPSA) is 58.0 Å².